The standard InChI is InChI=1S/C28H26O12/c1-5-19(29)39-17-9-7-13(27(31)32)23(35-3)21(17)15-11-37-26-16(12-38-25(15)26)22-18(40-20(30)6-2)10-8-14(28(33)34)24(22)36-4/h5-10,15-16,25-26H,1-2,11-12H2,3-4H3,(H,31,32)(H,33,34)/t15-,16+,25-,26-/m0/s1. The Morgan fingerprint density at radius 3 is 1.43 bits per heavy atom. The SMILES string of the molecule is C=CC(=O)Oc1ccc(C(=O)O)c(OC)c1[C@H]1CO[C@@H]2[C@H]1OC[C@H]2c1c(OC(=O)C=C)ccc(C(=O)O)c1OC. The van der Waals surface area contributed by atoms with Crippen LogP contribution in [-0.2, 0) is 19.1 Å². The second-order valence-electron chi connectivity index (χ2n) is 8.79. The van der Waals surface area contributed by atoms with Gasteiger partial charge in [-0.2, -0.15) is 0 Å². The molecule has 0 aromatic heterocycles. The first kappa shape index (κ1) is 28.3. The number of hydrogen-bond donors (Lipinski definition) is 2. The molecule has 2 heterocycles. The summed E-state index contributed by atoms with van der Waals surface area (Å²) < 4.78 is 34.0. The van der Waals surface area contributed by atoms with Crippen LogP contribution in [0.4, 0.5) is 0 Å². The molecule has 2 aliphatic rings. The largest absolute Gasteiger partial charge is 0.495 e. The first-order chi connectivity index (χ1) is 19.2. The van der Waals surface area contributed by atoms with Crippen molar-refractivity contribution in [3.63, 3.8) is 0 Å². The maximum absolute atomic E-state index is 12.1. The second kappa shape index (κ2) is 11.6. The highest BCUT2D eigenvalue weighted by molar-refractivity contribution is 5.93. The van der Waals surface area contributed by atoms with Gasteiger partial charge in [-0.05, 0) is 24.3 Å². The quantitative estimate of drug-likeness (QED) is 0.251. The van der Waals surface area contributed by atoms with Crippen molar-refractivity contribution >= 4 is 23.9 Å². The maximum atomic E-state index is 12.1. The van der Waals surface area contributed by atoms with Gasteiger partial charge in [0.15, 0.2) is 0 Å². The van der Waals surface area contributed by atoms with Crippen molar-refractivity contribution in [2.24, 2.45) is 0 Å². The van der Waals surface area contributed by atoms with E-state index >= 15 is 0 Å². The lowest BCUT2D eigenvalue weighted by atomic mass is 9.85. The Bertz CT molecular complexity index is 1290. The first-order valence-electron chi connectivity index (χ1n) is 12.0. The molecule has 2 aromatic rings. The number of carbonyl (C=O) groups is 4. The Kier molecular flexibility index (Phi) is 8.21. The molecule has 2 aromatic carbocycles. The average Bonchev–Trinajstić information content (AvgIpc) is 3.54. The second-order valence-corrected chi connectivity index (χ2v) is 8.79. The summed E-state index contributed by atoms with van der Waals surface area (Å²) in [5.74, 6) is -5.36. The fourth-order valence-electron chi connectivity index (χ4n) is 5.11. The monoisotopic (exact) mass is 554 g/mol. The van der Waals surface area contributed by atoms with Crippen molar-refractivity contribution < 1.29 is 57.8 Å². The third kappa shape index (κ3) is 5.01. The first-order valence-corrected chi connectivity index (χ1v) is 12.0. The summed E-state index contributed by atoms with van der Waals surface area (Å²) in [6.07, 6.45) is 0.492. The molecule has 210 valence electrons. The van der Waals surface area contributed by atoms with Gasteiger partial charge in [-0.3, -0.25) is 0 Å². The number of benzene rings is 2. The van der Waals surface area contributed by atoms with Gasteiger partial charge in [0.05, 0.1) is 39.6 Å². The molecule has 4 rings (SSSR count). The zero-order chi connectivity index (χ0) is 29.1. The number of rotatable bonds is 10. The fraction of sp³-hybridized carbons (Fsp3) is 0.286. The highest BCUT2D eigenvalue weighted by Crippen LogP contribution is 2.52. The van der Waals surface area contributed by atoms with Gasteiger partial charge in [0.25, 0.3) is 0 Å². The van der Waals surface area contributed by atoms with E-state index < -0.39 is 47.9 Å². The highest BCUT2D eigenvalue weighted by atomic mass is 16.6. The minimum Gasteiger partial charge on any atom is -0.495 e. The summed E-state index contributed by atoms with van der Waals surface area (Å²) >= 11 is 0. The molecule has 12 nitrogen and oxygen atoms in total. The Morgan fingerprint density at radius 1 is 0.750 bits per heavy atom. The Hall–Kier alpha value is -4.68. The number of hydrogen-bond acceptors (Lipinski definition) is 10. The van der Waals surface area contributed by atoms with Crippen LogP contribution in [0, 0.1) is 0 Å². The van der Waals surface area contributed by atoms with Crippen LogP contribution >= 0.6 is 0 Å². The van der Waals surface area contributed by atoms with Gasteiger partial charge in [-0.1, -0.05) is 13.2 Å². The fourth-order valence-corrected chi connectivity index (χ4v) is 5.11. The van der Waals surface area contributed by atoms with Crippen LogP contribution in [-0.4, -0.2) is 73.7 Å². The number of aromatic carboxylic acids is 2. The zero-order valence-corrected chi connectivity index (χ0v) is 21.6. The number of ether oxygens (including phenoxy) is 6. The third-order valence-electron chi connectivity index (χ3n) is 6.73. The van der Waals surface area contributed by atoms with Crippen LogP contribution < -0.4 is 18.9 Å². The van der Waals surface area contributed by atoms with E-state index in [9.17, 15) is 29.4 Å². The van der Waals surface area contributed by atoms with Crippen molar-refractivity contribution in [3.05, 3.63) is 71.8 Å². The molecule has 12 heteroatoms. The molecule has 2 N–H and O–H groups in total. The molecule has 0 aliphatic carbocycles. The van der Waals surface area contributed by atoms with Crippen LogP contribution in [0.1, 0.15) is 43.7 Å². The topological polar surface area (TPSA) is 164 Å². The molecule has 4 atom stereocenters. The lowest BCUT2D eigenvalue weighted by Crippen LogP contribution is -2.26. The predicted molar refractivity (Wildman–Crippen MR) is 137 cm³/mol. The molecule has 0 amide bonds. The normalized spacial score (nSPS) is 21.1. The van der Waals surface area contributed by atoms with Gasteiger partial charge in [-0.15, -0.1) is 0 Å². The number of carboxylic acid groups (broad SMARTS) is 2. The minimum absolute atomic E-state index is 0.00657. The lowest BCUT2D eigenvalue weighted by Gasteiger charge is -2.23. The molecular formula is C28H26O12. The third-order valence-corrected chi connectivity index (χ3v) is 6.73. The van der Waals surface area contributed by atoms with Crippen molar-refractivity contribution in [1.82, 2.24) is 0 Å². The molecule has 2 fully saturated rings. The highest BCUT2D eigenvalue weighted by Gasteiger charge is 2.52. The van der Waals surface area contributed by atoms with Crippen LogP contribution in [0.5, 0.6) is 23.0 Å². The van der Waals surface area contributed by atoms with Crippen molar-refractivity contribution in [3.8, 4) is 23.0 Å². The van der Waals surface area contributed by atoms with Crippen LogP contribution in [0.3, 0.4) is 0 Å². The summed E-state index contributed by atoms with van der Waals surface area (Å²) in [6, 6.07) is 5.19. The molecule has 2 aliphatic heterocycles. The van der Waals surface area contributed by atoms with Gasteiger partial charge >= 0.3 is 23.9 Å². The Labute approximate surface area is 228 Å². The zero-order valence-electron chi connectivity index (χ0n) is 21.6. The van der Waals surface area contributed by atoms with Crippen molar-refractivity contribution in [2.45, 2.75) is 24.0 Å². The number of carboxylic acids is 2. The van der Waals surface area contributed by atoms with Crippen molar-refractivity contribution in [2.75, 3.05) is 27.4 Å². The van der Waals surface area contributed by atoms with E-state index in [2.05, 4.69) is 13.2 Å². The van der Waals surface area contributed by atoms with E-state index in [1.807, 2.05) is 0 Å². The van der Waals surface area contributed by atoms with Crippen molar-refractivity contribution in [1.29, 1.82) is 0 Å². The maximum Gasteiger partial charge on any atom is 0.339 e. The summed E-state index contributed by atoms with van der Waals surface area (Å²) in [4.78, 5) is 48.0. The predicted octanol–water partition coefficient (Wildman–Crippen LogP) is 2.95. The molecule has 0 bridgehead atoms. The smallest absolute Gasteiger partial charge is 0.339 e. The summed E-state index contributed by atoms with van der Waals surface area (Å²) in [5, 5.41) is 19.5. The summed E-state index contributed by atoms with van der Waals surface area (Å²) in [7, 11) is 2.58. The number of esters is 2. The van der Waals surface area contributed by atoms with E-state index in [0.717, 1.165) is 12.2 Å². The Morgan fingerprint density at radius 2 is 1.12 bits per heavy atom. The van der Waals surface area contributed by atoms with Gasteiger partial charge < -0.3 is 38.6 Å². The van der Waals surface area contributed by atoms with Crippen LogP contribution in [0.2, 0.25) is 0 Å². The van der Waals surface area contributed by atoms with E-state index in [-0.39, 0.29) is 58.5 Å². The van der Waals surface area contributed by atoms with Crippen LogP contribution in [0.25, 0.3) is 0 Å². The van der Waals surface area contributed by atoms with E-state index in [4.69, 9.17) is 28.4 Å². The molecule has 0 spiro atoms. The van der Waals surface area contributed by atoms with Gasteiger partial charge in [0, 0.05) is 35.1 Å². The molecular weight excluding hydrogens is 528 g/mol. The van der Waals surface area contributed by atoms with E-state index in [1.165, 1.54) is 38.5 Å². The Balaban J connectivity index is 1.81. The molecule has 40 heavy (non-hydrogen) atoms. The number of methoxy groups -OCH3 is 2. The molecule has 0 saturated carbocycles. The van der Waals surface area contributed by atoms with Gasteiger partial charge in [-0.25, -0.2) is 19.2 Å². The van der Waals surface area contributed by atoms with Crippen LogP contribution in [0.15, 0.2) is 49.6 Å². The number of carbonyl (C=O) groups excluding carboxylic acids is 2. The number of fused-ring (bicyclic) bond motifs is 1. The lowest BCUT2D eigenvalue weighted by molar-refractivity contribution is -0.129. The minimum atomic E-state index is -1.26. The molecule has 0 radical (unpaired) electrons. The molecule has 0 unspecified atom stereocenters. The van der Waals surface area contributed by atoms with E-state index in [0.29, 0.717) is 0 Å². The van der Waals surface area contributed by atoms with Gasteiger partial charge in [0.2, 0.25) is 0 Å². The molecule has 2 saturated heterocycles. The summed E-state index contributed by atoms with van der Waals surface area (Å²) in [6.45, 7) is 6.80. The van der Waals surface area contributed by atoms with E-state index in [1.54, 1.807) is 0 Å². The van der Waals surface area contributed by atoms with Gasteiger partial charge in [0.1, 0.15) is 34.1 Å². The summed E-state index contributed by atoms with van der Waals surface area (Å²) in [5.41, 5.74) is 0.164. The average molecular weight is 555 g/mol.